The van der Waals surface area contributed by atoms with Crippen LogP contribution in [0.15, 0.2) is 35.1 Å². The molecule has 6 heteroatoms. The summed E-state index contributed by atoms with van der Waals surface area (Å²) in [6, 6.07) is 9.08. The van der Waals surface area contributed by atoms with Crippen LogP contribution in [0.2, 0.25) is 0 Å². The van der Waals surface area contributed by atoms with Gasteiger partial charge in [-0.2, -0.15) is 4.98 Å². The maximum atomic E-state index is 11.4. The fourth-order valence-electron chi connectivity index (χ4n) is 1.12. The first-order valence-electron chi connectivity index (χ1n) is 4.45. The Kier molecular flexibility index (Phi) is 3.09. The lowest BCUT2D eigenvalue weighted by Gasteiger charge is -2.06. The van der Waals surface area contributed by atoms with Gasteiger partial charge in [-0.15, -0.1) is 0 Å². The molecular formula is C10H8IN3O2. The maximum absolute atomic E-state index is 11.4. The van der Waals surface area contributed by atoms with E-state index in [4.69, 9.17) is 10.5 Å². The standard InChI is InChI=1S/C10H8IN3O2/c11-7-8(15)13-10(12)14-9(7)16-6-4-2-1-3-5-6/h1-5H,(H3,12,13,14,15). The van der Waals surface area contributed by atoms with Crippen molar-refractivity contribution in [2.24, 2.45) is 0 Å². The summed E-state index contributed by atoms with van der Waals surface area (Å²) >= 11 is 1.86. The zero-order chi connectivity index (χ0) is 11.5. The van der Waals surface area contributed by atoms with Crippen molar-refractivity contribution < 1.29 is 4.74 Å². The van der Waals surface area contributed by atoms with Gasteiger partial charge in [-0.1, -0.05) is 18.2 Å². The predicted molar refractivity (Wildman–Crippen MR) is 68.5 cm³/mol. The first-order valence-corrected chi connectivity index (χ1v) is 5.53. The number of para-hydroxylation sites is 1. The number of anilines is 1. The van der Waals surface area contributed by atoms with E-state index in [1.165, 1.54) is 0 Å². The van der Waals surface area contributed by atoms with Gasteiger partial charge >= 0.3 is 0 Å². The monoisotopic (exact) mass is 329 g/mol. The Morgan fingerprint density at radius 2 is 2.00 bits per heavy atom. The van der Waals surface area contributed by atoms with Gasteiger partial charge in [0, 0.05) is 0 Å². The van der Waals surface area contributed by atoms with Crippen LogP contribution in [0.3, 0.4) is 0 Å². The number of halogens is 1. The number of nitrogens with zero attached hydrogens (tertiary/aromatic N) is 1. The van der Waals surface area contributed by atoms with Crippen molar-refractivity contribution in [3.05, 3.63) is 44.3 Å². The normalized spacial score (nSPS) is 10.1. The Morgan fingerprint density at radius 3 is 2.69 bits per heavy atom. The maximum Gasteiger partial charge on any atom is 0.269 e. The lowest BCUT2D eigenvalue weighted by molar-refractivity contribution is 0.457. The van der Waals surface area contributed by atoms with Crippen LogP contribution in [0, 0.1) is 3.57 Å². The molecule has 0 atom stereocenters. The van der Waals surface area contributed by atoms with Crippen molar-refractivity contribution in [2.75, 3.05) is 5.73 Å². The van der Waals surface area contributed by atoms with E-state index in [-0.39, 0.29) is 17.4 Å². The van der Waals surface area contributed by atoms with Crippen LogP contribution < -0.4 is 16.0 Å². The summed E-state index contributed by atoms with van der Waals surface area (Å²) in [6.45, 7) is 0. The van der Waals surface area contributed by atoms with Crippen LogP contribution in [0.5, 0.6) is 11.6 Å². The molecule has 2 aromatic rings. The van der Waals surface area contributed by atoms with Gasteiger partial charge in [0.15, 0.2) is 0 Å². The molecule has 0 unspecified atom stereocenters. The fraction of sp³-hybridized carbons (Fsp3) is 0. The number of ether oxygens (including phenoxy) is 1. The molecule has 0 fully saturated rings. The molecule has 5 nitrogen and oxygen atoms in total. The molecule has 2 rings (SSSR count). The van der Waals surface area contributed by atoms with Crippen molar-refractivity contribution in [1.29, 1.82) is 0 Å². The minimum Gasteiger partial charge on any atom is -0.438 e. The number of hydrogen-bond donors (Lipinski definition) is 2. The molecular weight excluding hydrogens is 321 g/mol. The molecule has 0 aliphatic heterocycles. The number of hydrogen-bond acceptors (Lipinski definition) is 4. The number of nitrogen functional groups attached to an aromatic ring is 1. The summed E-state index contributed by atoms with van der Waals surface area (Å²) in [7, 11) is 0. The summed E-state index contributed by atoms with van der Waals surface area (Å²) in [4.78, 5) is 17.7. The van der Waals surface area contributed by atoms with Crippen LogP contribution >= 0.6 is 22.6 Å². The molecule has 0 saturated carbocycles. The van der Waals surface area contributed by atoms with E-state index in [1.807, 2.05) is 40.8 Å². The second-order valence-corrected chi connectivity index (χ2v) is 4.06. The Bertz CT molecular complexity index is 554. The minimum absolute atomic E-state index is 0.0383. The first kappa shape index (κ1) is 10.9. The van der Waals surface area contributed by atoms with Gasteiger partial charge in [0.25, 0.3) is 5.56 Å². The lowest BCUT2D eigenvalue weighted by Crippen LogP contribution is -2.15. The van der Waals surface area contributed by atoms with E-state index < -0.39 is 0 Å². The number of nitrogens with two attached hydrogens (primary N) is 1. The molecule has 1 heterocycles. The molecule has 0 amide bonds. The van der Waals surface area contributed by atoms with E-state index in [2.05, 4.69) is 9.97 Å². The van der Waals surface area contributed by atoms with Crippen LogP contribution in [0.1, 0.15) is 0 Å². The molecule has 0 aliphatic carbocycles. The topological polar surface area (TPSA) is 81.0 Å². The summed E-state index contributed by atoms with van der Waals surface area (Å²) in [5.74, 6) is 0.863. The summed E-state index contributed by atoms with van der Waals surface area (Å²) in [5, 5.41) is 0. The number of rotatable bonds is 2. The molecule has 1 aromatic heterocycles. The van der Waals surface area contributed by atoms with Crippen LogP contribution in [-0.2, 0) is 0 Å². The Labute approximate surface area is 105 Å². The number of aromatic nitrogens is 2. The zero-order valence-electron chi connectivity index (χ0n) is 8.11. The average molecular weight is 329 g/mol. The number of benzene rings is 1. The van der Waals surface area contributed by atoms with Crippen LogP contribution in [-0.4, -0.2) is 9.97 Å². The predicted octanol–water partition coefficient (Wildman–Crippen LogP) is 1.75. The third kappa shape index (κ3) is 2.32. The second kappa shape index (κ2) is 4.52. The molecule has 0 radical (unpaired) electrons. The second-order valence-electron chi connectivity index (χ2n) is 2.99. The zero-order valence-corrected chi connectivity index (χ0v) is 10.3. The number of nitrogens with one attached hydrogen (secondary N) is 1. The molecule has 0 bridgehead atoms. The third-order valence-electron chi connectivity index (χ3n) is 1.81. The highest BCUT2D eigenvalue weighted by Crippen LogP contribution is 2.21. The largest absolute Gasteiger partial charge is 0.438 e. The number of H-pyrrole nitrogens is 1. The van der Waals surface area contributed by atoms with Gasteiger partial charge < -0.3 is 10.5 Å². The van der Waals surface area contributed by atoms with E-state index in [0.29, 0.717) is 9.32 Å². The first-order chi connectivity index (χ1) is 7.66. The Balaban J connectivity index is 2.39. The molecule has 0 spiro atoms. The van der Waals surface area contributed by atoms with Gasteiger partial charge in [-0.3, -0.25) is 9.78 Å². The lowest BCUT2D eigenvalue weighted by atomic mass is 10.3. The van der Waals surface area contributed by atoms with Gasteiger partial charge in [0.05, 0.1) is 0 Å². The molecule has 3 N–H and O–H groups in total. The average Bonchev–Trinajstić information content (AvgIpc) is 2.27. The smallest absolute Gasteiger partial charge is 0.269 e. The van der Waals surface area contributed by atoms with E-state index in [1.54, 1.807) is 12.1 Å². The van der Waals surface area contributed by atoms with Crippen LogP contribution in [0.4, 0.5) is 5.95 Å². The molecule has 1 aromatic carbocycles. The van der Waals surface area contributed by atoms with Gasteiger partial charge in [-0.25, -0.2) is 0 Å². The quantitative estimate of drug-likeness (QED) is 0.823. The third-order valence-corrected chi connectivity index (χ3v) is 2.76. The summed E-state index contributed by atoms with van der Waals surface area (Å²) in [6.07, 6.45) is 0. The molecule has 16 heavy (non-hydrogen) atoms. The Hall–Kier alpha value is -1.57. The van der Waals surface area contributed by atoms with Crippen molar-refractivity contribution in [2.45, 2.75) is 0 Å². The molecule has 0 saturated heterocycles. The van der Waals surface area contributed by atoms with Crippen molar-refractivity contribution in [1.82, 2.24) is 9.97 Å². The molecule has 0 aliphatic rings. The van der Waals surface area contributed by atoms with E-state index >= 15 is 0 Å². The van der Waals surface area contributed by atoms with Crippen molar-refractivity contribution in [3.63, 3.8) is 0 Å². The van der Waals surface area contributed by atoms with Gasteiger partial charge in [0.2, 0.25) is 11.8 Å². The van der Waals surface area contributed by atoms with Crippen molar-refractivity contribution in [3.8, 4) is 11.6 Å². The number of aromatic amines is 1. The summed E-state index contributed by atoms with van der Waals surface area (Å²) < 4.78 is 5.82. The van der Waals surface area contributed by atoms with E-state index in [9.17, 15) is 4.79 Å². The highest BCUT2D eigenvalue weighted by Gasteiger charge is 2.09. The highest BCUT2D eigenvalue weighted by atomic mass is 127. The minimum atomic E-state index is -0.306. The van der Waals surface area contributed by atoms with Gasteiger partial charge in [-0.05, 0) is 34.7 Å². The fourth-order valence-corrected chi connectivity index (χ4v) is 1.49. The van der Waals surface area contributed by atoms with Gasteiger partial charge in [0.1, 0.15) is 9.32 Å². The highest BCUT2D eigenvalue weighted by molar-refractivity contribution is 14.1. The van der Waals surface area contributed by atoms with Crippen molar-refractivity contribution >= 4 is 28.5 Å². The van der Waals surface area contributed by atoms with Crippen LogP contribution in [0.25, 0.3) is 0 Å². The van der Waals surface area contributed by atoms with E-state index in [0.717, 1.165) is 0 Å². The molecule has 82 valence electrons. The summed E-state index contributed by atoms with van der Waals surface area (Å²) in [5.41, 5.74) is 5.13. The Morgan fingerprint density at radius 1 is 1.31 bits per heavy atom. The SMILES string of the molecule is Nc1nc(Oc2ccccc2)c(I)c(=O)[nH]1.